The maximum Gasteiger partial charge on any atom is -0.0160 e. The van der Waals surface area contributed by atoms with Crippen molar-refractivity contribution in [3.05, 3.63) is 48.1 Å². The lowest BCUT2D eigenvalue weighted by Crippen LogP contribution is -1.70. The zero-order valence-electron chi connectivity index (χ0n) is 6.96. The van der Waals surface area contributed by atoms with E-state index in [0.29, 0.717) is 0 Å². The predicted molar refractivity (Wildman–Crippen MR) is 50.4 cm³/mol. The molecule has 0 heterocycles. The summed E-state index contributed by atoms with van der Waals surface area (Å²) in [5.74, 6) is 0. The van der Waals surface area contributed by atoms with E-state index in [4.69, 9.17) is 0 Å². The lowest BCUT2D eigenvalue weighted by atomic mass is 10.2. The van der Waals surface area contributed by atoms with Crippen LogP contribution >= 0.6 is 0 Å². The average Bonchev–Trinajstić information content (AvgIpc) is 2.03. The third-order valence-electron chi connectivity index (χ3n) is 1.61. The maximum atomic E-state index is 2.23. The van der Waals surface area contributed by atoms with Crippen molar-refractivity contribution < 1.29 is 0 Å². The fourth-order valence-electron chi connectivity index (χ4n) is 0.969. The molecule has 1 aliphatic carbocycles. The first-order chi connectivity index (χ1) is 5.39. The fourth-order valence-corrected chi connectivity index (χ4v) is 0.969. The van der Waals surface area contributed by atoms with E-state index in [2.05, 4.69) is 49.5 Å². The van der Waals surface area contributed by atoms with Gasteiger partial charge in [0.25, 0.3) is 0 Å². The summed E-state index contributed by atoms with van der Waals surface area (Å²) in [6.07, 6.45) is 17.2. The zero-order valence-corrected chi connectivity index (χ0v) is 6.96. The van der Waals surface area contributed by atoms with Gasteiger partial charge in [0, 0.05) is 0 Å². The summed E-state index contributed by atoms with van der Waals surface area (Å²) < 4.78 is 0. The quantitative estimate of drug-likeness (QED) is 0.491. The Morgan fingerprint density at radius 3 is 2.55 bits per heavy atom. The molecule has 1 rings (SSSR count). The molecule has 0 N–H and O–H groups in total. The topological polar surface area (TPSA) is 0 Å². The second-order valence-corrected chi connectivity index (χ2v) is 2.68. The minimum atomic E-state index is 1.04. The molecule has 0 nitrogen and oxygen atoms in total. The SMILES string of the molecule is CC1=CCC=CC=CCC=C1. The Labute approximate surface area is 68.6 Å². The number of hydrogen-bond donors (Lipinski definition) is 0. The van der Waals surface area contributed by atoms with Gasteiger partial charge in [-0.25, -0.2) is 0 Å². The summed E-state index contributed by atoms with van der Waals surface area (Å²) in [5.41, 5.74) is 1.35. The normalized spacial score (nSPS) is 18.1. The number of allylic oxidation sites excluding steroid dienone is 8. The molecular weight excluding hydrogens is 132 g/mol. The monoisotopic (exact) mass is 146 g/mol. The van der Waals surface area contributed by atoms with Crippen molar-refractivity contribution >= 4 is 0 Å². The van der Waals surface area contributed by atoms with Crippen molar-refractivity contribution in [3.8, 4) is 0 Å². The van der Waals surface area contributed by atoms with Crippen molar-refractivity contribution in [2.45, 2.75) is 19.8 Å². The first-order valence-electron chi connectivity index (χ1n) is 4.04. The van der Waals surface area contributed by atoms with Crippen LogP contribution in [0.1, 0.15) is 19.8 Å². The van der Waals surface area contributed by atoms with Gasteiger partial charge in [-0.2, -0.15) is 0 Å². The molecular formula is C11H14. The second kappa shape index (κ2) is 4.73. The molecule has 0 unspecified atom stereocenters. The second-order valence-electron chi connectivity index (χ2n) is 2.68. The van der Waals surface area contributed by atoms with E-state index in [1.165, 1.54) is 5.57 Å². The first-order valence-corrected chi connectivity index (χ1v) is 4.04. The van der Waals surface area contributed by atoms with E-state index >= 15 is 0 Å². The van der Waals surface area contributed by atoms with Crippen LogP contribution in [0.25, 0.3) is 0 Å². The summed E-state index contributed by atoms with van der Waals surface area (Å²) in [6, 6.07) is 0. The number of rotatable bonds is 0. The van der Waals surface area contributed by atoms with Crippen LogP contribution < -0.4 is 0 Å². The zero-order chi connectivity index (χ0) is 7.94. The highest BCUT2D eigenvalue weighted by Crippen LogP contribution is 2.01. The van der Waals surface area contributed by atoms with Gasteiger partial charge >= 0.3 is 0 Å². The minimum absolute atomic E-state index is 1.04. The standard InChI is InChI=1S/C11H14/c1-11-9-7-5-3-2-4-6-8-10-11/h2-5,8-10H,6-7H2,1H3. The lowest BCUT2D eigenvalue weighted by molar-refractivity contribution is 1.30. The van der Waals surface area contributed by atoms with Crippen LogP contribution in [0.2, 0.25) is 0 Å². The van der Waals surface area contributed by atoms with Crippen LogP contribution in [-0.2, 0) is 0 Å². The molecule has 0 aromatic rings. The third-order valence-corrected chi connectivity index (χ3v) is 1.61. The Hall–Kier alpha value is -1.04. The van der Waals surface area contributed by atoms with Crippen molar-refractivity contribution in [1.29, 1.82) is 0 Å². The summed E-state index contributed by atoms with van der Waals surface area (Å²) in [7, 11) is 0. The maximum absolute atomic E-state index is 2.23. The van der Waals surface area contributed by atoms with Crippen LogP contribution in [0.4, 0.5) is 0 Å². The lowest BCUT2D eigenvalue weighted by Gasteiger charge is -1.91. The van der Waals surface area contributed by atoms with E-state index in [9.17, 15) is 0 Å². The molecule has 0 amide bonds. The minimum Gasteiger partial charge on any atom is -0.0808 e. The van der Waals surface area contributed by atoms with E-state index < -0.39 is 0 Å². The Kier molecular flexibility index (Phi) is 3.46. The van der Waals surface area contributed by atoms with Crippen LogP contribution in [0.15, 0.2) is 48.1 Å². The van der Waals surface area contributed by atoms with Gasteiger partial charge in [-0.05, 0) is 19.8 Å². The third kappa shape index (κ3) is 3.61. The van der Waals surface area contributed by atoms with Gasteiger partial charge in [0.15, 0.2) is 0 Å². The molecule has 11 heavy (non-hydrogen) atoms. The molecule has 0 saturated carbocycles. The molecule has 0 radical (unpaired) electrons. The fraction of sp³-hybridized carbons (Fsp3) is 0.273. The van der Waals surface area contributed by atoms with Gasteiger partial charge in [0.1, 0.15) is 0 Å². The van der Waals surface area contributed by atoms with Crippen LogP contribution in [0, 0.1) is 0 Å². The summed E-state index contributed by atoms with van der Waals surface area (Å²) >= 11 is 0. The van der Waals surface area contributed by atoms with Gasteiger partial charge in [0.2, 0.25) is 0 Å². The van der Waals surface area contributed by atoms with E-state index in [1.54, 1.807) is 0 Å². The van der Waals surface area contributed by atoms with Gasteiger partial charge in [-0.3, -0.25) is 0 Å². The van der Waals surface area contributed by atoms with E-state index in [1.807, 2.05) is 0 Å². The van der Waals surface area contributed by atoms with Crippen LogP contribution in [0.5, 0.6) is 0 Å². The summed E-state index contributed by atoms with van der Waals surface area (Å²) in [5, 5.41) is 0. The molecule has 58 valence electrons. The smallest absolute Gasteiger partial charge is 0.0160 e. The highest BCUT2D eigenvalue weighted by atomic mass is 13.9. The molecule has 0 heteroatoms. The number of hydrogen-bond acceptors (Lipinski definition) is 0. The van der Waals surface area contributed by atoms with E-state index in [0.717, 1.165) is 12.8 Å². The molecule has 0 saturated heterocycles. The van der Waals surface area contributed by atoms with Gasteiger partial charge in [0.05, 0.1) is 0 Å². The summed E-state index contributed by atoms with van der Waals surface area (Å²) in [4.78, 5) is 0. The highest BCUT2D eigenvalue weighted by Gasteiger charge is 1.80. The summed E-state index contributed by atoms with van der Waals surface area (Å²) in [6.45, 7) is 2.13. The first kappa shape index (κ1) is 8.06. The molecule has 0 fully saturated rings. The van der Waals surface area contributed by atoms with Crippen molar-refractivity contribution in [3.63, 3.8) is 0 Å². The Morgan fingerprint density at radius 1 is 1.00 bits per heavy atom. The molecule has 0 aliphatic heterocycles. The van der Waals surface area contributed by atoms with Gasteiger partial charge in [-0.1, -0.05) is 48.1 Å². The van der Waals surface area contributed by atoms with Crippen molar-refractivity contribution in [2.24, 2.45) is 0 Å². The predicted octanol–water partition coefficient (Wildman–Crippen LogP) is 3.40. The Bertz CT molecular complexity index is 214. The van der Waals surface area contributed by atoms with Gasteiger partial charge in [-0.15, -0.1) is 0 Å². The Balaban J connectivity index is 2.62. The molecule has 0 spiro atoms. The molecule has 0 atom stereocenters. The van der Waals surface area contributed by atoms with Gasteiger partial charge < -0.3 is 0 Å². The van der Waals surface area contributed by atoms with Crippen LogP contribution in [-0.4, -0.2) is 0 Å². The average molecular weight is 146 g/mol. The van der Waals surface area contributed by atoms with Crippen LogP contribution in [0.3, 0.4) is 0 Å². The van der Waals surface area contributed by atoms with Crippen molar-refractivity contribution in [1.82, 2.24) is 0 Å². The molecule has 0 aromatic heterocycles. The molecule has 1 aliphatic rings. The van der Waals surface area contributed by atoms with E-state index in [-0.39, 0.29) is 0 Å². The van der Waals surface area contributed by atoms with Crippen molar-refractivity contribution in [2.75, 3.05) is 0 Å². The molecule has 0 bridgehead atoms. The highest BCUT2D eigenvalue weighted by molar-refractivity contribution is 5.20. The largest absolute Gasteiger partial charge is 0.0808 e. The molecule has 0 aromatic carbocycles. The Morgan fingerprint density at radius 2 is 1.73 bits per heavy atom.